The number of carbonyl (C=O) groups is 2. The lowest BCUT2D eigenvalue weighted by Crippen LogP contribution is -2.52. The van der Waals surface area contributed by atoms with Crippen molar-refractivity contribution in [2.24, 2.45) is 0 Å². The second-order valence-electron chi connectivity index (χ2n) is 9.26. The Morgan fingerprint density at radius 1 is 0.917 bits per heavy atom. The SMILES string of the molecule is CCCCCCOc1ccc(N2C(=O)C[C@@H](N3CCN(c4cccc(C(F)(F)F)c4)CC3)C2=O)cc1. The van der Waals surface area contributed by atoms with Gasteiger partial charge in [0.2, 0.25) is 5.91 Å². The molecule has 2 aromatic carbocycles. The number of piperazine rings is 1. The monoisotopic (exact) mass is 503 g/mol. The van der Waals surface area contributed by atoms with Crippen molar-refractivity contribution in [1.82, 2.24) is 4.90 Å². The Bertz CT molecular complexity index is 1050. The van der Waals surface area contributed by atoms with Crippen molar-refractivity contribution in [3.63, 3.8) is 0 Å². The van der Waals surface area contributed by atoms with E-state index in [1.165, 1.54) is 23.8 Å². The summed E-state index contributed by atoms with van der Waals surface area (Å²) in [6.07, 6.45) is 0.166. The standard InChI is InChI=1S/C27H32F3N3O3/c1-2-3-4-5-17-36-23-11-9-21(10-12-23)33-25(34)19-24(26(33)35)32-15-13-31(14-16-32)22-8-6-7-20(18-22)27(28,29)30/h6-12,18,24H,2-5,13-17,19H2,1H3/t24-/m1/s1. The summed E-state index contributed by atoms with van der Waals surface area (Å²) in [4.78, 5) is 31.0. The summed E-state index contributed by atoms with van der Waals surface area (Å²) in [5.74, 6) is 0.191. The van der Waals surface area contributed by atoms with E-state index in [4.69, 9.17) is 4.74 Å². The molecule has 36 heavy (non-hydrogen) atoms. The van der Waals surface area contributed by atoms with Gasteiger partial charge in [0, 0.05) is 31.9 Å². The molecular formula is C27H32F3N3O3. The van der Waals surface area contributed by atoms with Crippen LogP contribution >= 0.6 is 0 Å². The fourth-order valence-corrected chi connectivity index (χ4v) is 4.75. The van der Waals surface area contributed by atoms with Crippen molar-refractivity contribution in [2.45, 2.75) is 51.2 Å². The number of hydrogen-bond acceptors (Lipinski definition) is 5. The Hall–Kier alpha value is -3.07. The first kappa shape index (κ1) is 26.0. The van der Waals surface area contributed by atoms with E-state index in [0.717, 1.165) is 25.0 Å². The number of rotatable bonds is 9. The third-order valence-electron chi connectivity index (χ3n) is 6.78. The van der Waals surface area contributed by atoms with Gasteiger partial charge in [-0.1, -0.05) is 32.3 Å². The number of amides is 2. The molecule has 2 aliphatic rings. The molecule has 2 aromatic rings. The summed E-state index contributed by atoms with van der Waals surface area (Å²) in [7, 11) is 0. The number of benzene rings is 2. The first-order valence-corrected chi connectivity index (χ1v) is 12.5. The predicted molar refractivity (Wildman–Crippen MR) is 132 cm³/mol. The molecule has 2 heterocycles. The number of imide groups is 1. The first-order valence-electron chi connectivity index (χ1n) is 12.5. The van der Waals surface area contributed by atoms with Crippen LogP contribution in [0.3, 0.4) is 0 Å². The summed E-state index contributed by atoms with van der Waals surface area (Å²) in [5.41, 5.74) is 0.351. The Morgan fingerprint density at radius 2 is 1.64 bits per heavy atom. The molecule has 0 N–H and O–H groups in total. The van der Waals surface area contributed by atoms with Crippen LogP contribution in [0, 0.1) is 0 Å². The minimum absolute atomic E-state index is 0.0953. The highest BCUT2D eigenvalue weighted by Gasteiger charge is 2.43. The molecule has 194 valence electrons. The molecule has 0 radical (unpaired) electrons. The predicted octanol–water partition coefficient (Wildman–Crippen LogP) is 5.12. The van der Waals surface area contributed by atoms with Crippen LogP contribution in [-0.2, 0) is 15.8 Å². The molecule has 9 heteroatoms. The van der Waals surface area contributed by atoms with E-state index in [9.17, 15) is 22.8 Å². The Balaban J connectivity index is 1.33. The molecule has 0 spiro atoms. The van der Waals surface area contributed by atoms with Gasteiger partial charge in [-0.05, 0) is 48.9 Å². The topological polar surface area (TPSA) is 53.1 Å². The van der Waals surface area contributed by atoms with Gasteiger partial charge in [-0.3, -0.25) is 14.5 Å². The highest BCUT2D eigenvalue weighted by molar-refractivity contribution is 6.22. The van der Waals surface area contributed by atoms with Crippen LogP contribution in [0.25, 0.3) is 0 Å². The van der Waals surface area contributed by atoms with E-state index in [-0.39, 0.29) is 18.2 Å². The smallest absolute Gasteiger partial charge is 0.416 e. The number of anilines is 2. The van der Waals surface area contributed by atoms with E-state index >= 15 is 0 Å². The quantitative estimate of drug-likeness (QED) is 0.351. The molecule has 1 atom stereocenters. The van der Waals surface area contributed by atoms with Crippen LogP contribution < -0.4 is 14.5 Å². The fraction of sp³-hybridized carbons (Fsp3) is 0.481. The van der Waals surface area contributed by atoms with Gasteiger partial charge in [0.15, 0.2) is 0 Å². The minimum atomic E-state index is -4.39. The number of ether oxygens (including phenoxy) is 1. The van der Waals surface area contributed by atoms with Gasteiger partial charge in [-0.2, -0.15) is 13.2 Å². The lowest BCUT2D eigenvalue weighted by Gasteiger charge is -2.38. The van der Waals surface area contributed by atoms with Gasteiger partial charge in [-0.25, -0.2) is 4.90 Å². The normalized spacial score (nSPS) is 19.3. The minimum Gasteiger partial charge on any atom is -0.494 e. The summed E-state index contributed by atoms with van der Waals surface area (Å²) in [5, 5.41) is 0. The molecule has 2 saturated heterocycles. The average molecular weight is 504 g/mol. The van der Waals surface area contributed by atoms with E-state index in [2.05, 4.69) is 6.92 Å². The first-order chi connectivity index (χ1) is 17.3. The molecule has 2 aliphatic heterocycles. The van der Waals surface area contributed by atoms with Crippen molar-refractivity contribution in [3.05, 3.63) is 54.1 Å². The Labute approximate surface area is 209 Å². The van der Waals surface area contributed by atoms with Gasteiger partial charge < -0.3 is 9.64 Å². The van der Waals surface area contributed by atoms with Gasteiger partial charge in [0.05, 0.1) is 30.3 Å². The maximum atomic E-state index is 13.2. The van der Waals surface area contributed by atoms with Crippen molar-refractivity contribution < 1.29 is 27.5 Å². The highest BCUT2D eigenvalue weighted by atomic mass is 19.4. The lowest BCUT2D eigenvalue weighted by atomic mass is 10.1. The maximum absolute atomic E-state index is 13.2. The second kappa shape index (κ2) is 11.3. The van der Waals surface area contributed by atoms with Gasteiger partial charge in [0.1, 0.15) is 5.75 Å². The molecule has 0 bridgehead atoms. The van der Waals surface area contributed by atoms with Crippen molar-refractivity contribution >= 4 is 23.2 Å². The summed E-state index contributed by atoms with van der Waals surface area (Å²) in [6, 6.07) is 11.7. The van der Waals surface area contributed by atoms with Crippen molar-refractivity contribution in [1.29, 1.82) is 0 Å². The lowest BCUT2D eigenvalue weighted by molar-refractivity contribution is -0.137. The van der Waals surface area contributed by atoms with Crippen LogP contribution in [0.4, 0.5) is 24.5 Å². The second-order valence-corrected chi connectivity index (χ2v) is 9.26. The molecule has 2 amide bonds. The van der Waals surface area contributed by atoms with E-state index in [0.29, 0.717) is 49.9 Å². The molecule has 0 aliphatic carbocycles. The highest BCUT2D eigenvalue weighted by Crippen LogP contribution is 2.33. The number of alkyl halides is 3. The zero-order valence-electron chi connectivity index (χ0n) is 20.5. The third kappa shape index (κ3) is 6.00. The number of hydrogen-bond donors (Lipinski definition) is 0. The number of carbonyl (C=O) groups excluding carboxylic acids is 2. The maximum Gasteiger partial charge on any atom is 0.416 e. The zero-order valence-corrected chi connectivity index (χ0v) is 20.5. The van der Waals surface area contributed by atoms with Crippen LogP contribution in [0.5, 0.6) is 5.75 Å². The number of nitrogens with zero attached hydrogens (tertiary/aromatic N) is 3. The largest absolute Gasteiger partial charge is 0.494 e. The molecule has 0 aromatic heterocycles. The summed E-state index contributed by atoms with van der Waals surface area (Å²) < 4.78 is 45.0. The molecular weight excluding hydrogens is 471 g/mol. The van der Waals surface area contributed by atoms with E-state index in [1.807, 2.05) is 9.80 Å². The summed E-state index contributed by atoms with van der Waals surface area (Å²) in [6.45, 7) is 4.71. The zero-order chi connectivity index (χ0) is 25.7. The van der Waals surface area contributed by atoms with Crippen molar-refractivity contribution in [3.8, 4) is 5.75 Å². The van der Waals surface area contributed by atoms with E-state index < -0.39 is 17.8 Å². The Morgan fingerprint density at radius 3 is 2.31 bits per heavy atom. The fourth-order valence-electron chi connectivity index (χ4n) is 4.75. The van der Waals surface area contributed by atoms with Crippen molar-refractivity contribution in [2.75, 3.05) is 42.6 Å². The third-order valence-corrected chi connectivity index (χ3v) is 6.78. The average Bonchev–Trinajstić information content (AvgIpc) is 3.17. The van der Waals surface area contributed by atoms with Crippen LogP contribution in [0.15, 0.2) is 48.5 Å². The molecule has 6 nitrogen and oxygen atoms in total. The van der Waals surface area contributed by atoms with E-state index in [1.54, 1.807) is 30.3 Å². The number of unbranched alkanes of at least 4 members (excludes halogenated alkanes) is 3. The van der Waals surface area contributed by atoms with Gasteiger partial charge in [0.25, 0.3) is 5.91 Å². The van der Waals surface area contributed by atoms with Gasteiger partial charge >= 0.3 is 6.18 Å². The molecule has 0 saturated carbocycles. The van der Waals surface area contributed by atoms with Crippen LogP contribution in [0.2, 0.25) is 0 Å². The molecule has 2 fully saturated rings. The summed E-state index contributed by atoms with van der Waals surface area (Å²) >= 11 is 0. The van der Waals surface area contributed by atoms with Crippen LogP contribution in [0.1, 0.15) is 44.6 Å². The number of halogens is 3. The Kier molecular flexibility index (Phi) is 8.18. The van der Waals surface area contributed by atoms with Gasteiger partial charge in [-0.15, -0.1) is 0 Å². The van der Waals surface area contributed by atoms with Crippen LogP contribution in [-0.4, -0.2) is 55.5 Å². The molecule has 4 rings (SSSR count). The molecule has 0 unspecified atom stereocenters.